The lowest BCUT2D eigenvalue weighted by molar-refractivity contribution is 0.0941. The molecular weight excluding hydrogens is 202 g/mol. The van der Waals surface area contributed by atoms with Gasteiger partial charge in [-0.05, 0) is 17.7 Å². The van der Waals surface area contributed by atoms with Crippen molar-refractivity contribution in [2.24, 2.45) is 11.1 Å². The van der Waals surface area contributed by atoms with Crippen molar-refractivity contribution in [2.45, 2.75) is 33.5 Å². The van der Waals surface area contributed by atoms with E-state index in [2.05, 4.69) is 20.8 Å². The topological polar surface area (TPSA) is 55.5 Å². The second-order valence-corrected chi connectivity index (χ2v) is 5.01. The van der Waals surface area contributed by atoms with Gasteiger partial charge >= 0.3 is 0 Å². The molecule has 0 aliphatic rings. The summed E-state index contributed by atoms with van der Waals surface area (Å²) in [6.07, 6.45) is -0.00697. The van der Waals surface area contributed by atoms with Gasteiger partial charge in [0.2, 0.25) is 0 Å². The lowest BCUT2D eigenvalue weighted by Crippen LogP contribution is -2.38. The van der Waals surface area contributed by atoms with Crippen molar-refractivity contribution in [3.05, 3.63) is 29.8 Å². The number of aliphatic hydroxyl groups is 1. The summed E-state index contributed by atoms with van der Waals surface area (Å²) in [6, 6.07) is 7.43. The second kappa shape index (κ2) is 5.32. The van der Waals surface area contributed by atoms with Crippen molar-refractivity contribution >= 4 is 0 Å². The average molecular weight is 223 g/mol. The van der Waals surface area contributed by atoms with Crippen LogP contribution in [0.2, 0.25) is 0 Å². The molecule has 3 heteroatoms. The van der Waals surface area contributed by atoms with Gasteiger partial charge in [-0.25, -0.2) is 0 Å². The van der Waals surface area contributed by atoms with E-state index in [-0.39, 0.29) is 18.1 Å². The molecule has 3 nitrogen and oxygen atoms in total. The maximum Gasteiger partial charge on any atom is 0.119 e. The van der Waals surface area contributed by atoms with Crippen LogP contribution in [-0.2, 0) is 6.61 Å². The third kappa shape index (κ3) is 3.51. The Labute approximate surface area is 97.2 Å². The SMILES string of the molecule is CC(C)(C)C(CN)Oc1ccc(CO)cc1. The van der Waals surface area contributed by atoms with Crippen LogP contribution < -0.4 is 10.5 Å². The Balaban J connectivity index is 2.71. The van der Waals surface area contributed by atoms with Crippen LogP contribution in [-0.4, -0.2) is 17.8 Å². The van der Waals surface area contributed by atoms with Gasteiger partial charge in [0.05, 0.1) is 6.61 Å². The van der Waals surface area contributed by atoms with E-state index in [9.17, 15) is 0 Å². The van der Waals surface area contributed by atoms with Gasteiger partial charge in [-0.15, -0.1) is 0 Å². The normalized spacial score (nSPS) is 13.6. The third-order valence-corrected chi connectivity index (χ3v) is 2.56. The number of rotatable bonds is 4. The van der Waals surface area contributed by atoms with Crippen molar-refractivity contribution in [1.82, 2.24) is 0 Å². The van der Waals surface area contributed by atoms with Crippen LogP contribution >= 0.6 is 0 Å². The Morgan fingerprint density at radius 3 is 2.19 bits per heavy atom. The van der Waals surface area contributed by atoms with Crippen LogP contribution in [0.15, 0.2) is 24.3 Å². The smallest absolute Gasteiger partial charge is 0.119 e. The van der Waals surface area contributed by atoms with Gasteiger partial charge in [0.25, 0.3) is 0 Å². The molecule has 0 aliphatic heterocycles. The summed E-state index contributed by atoms with van der Waals surface area (Å²) in [5.41, 5.74) is 6.60. The first-order chi connectivity index (χ1) is 7.47. The van der Waals surface area contributed by atoms with Crippen LogP contribution in [0.25, 0.3) is 0 Å². The minimum Gasteiger partial charge on any atom is -0.489 e. The molecular formula is C13H21NO2. The molecule has 0 heterocycles. The zero-order chi connectivity index (χ0) is 12.2. The molecule has 0 fully saturated rings. The lowest BCUT2D eigenvalue weighted by atomic mass is 9.89. The molecule has 3 N–H and O–H groups in total. The van der Waals surface area contributed by atoms with Crippen LogP contribution in [0, 0.1) is 5.41 Å². The molecule has 1 rings (SSSR count). The molecule has 0 bridgehead atoms. The summed E-state index contributed by atoms with van der Waals surface area (Å²) in [7, 11) is 0. The summed E-state index contributed by atoms with van der Waals surface area (Å²) in [5, 5.41) is 8.92. The summed E-state index contributed by atoms with van der Waals surface area (Å²) < 4.78 is 5.82. The molecule has 0 aromatic heterocycles. The molecule has 16 heavy (non-hydrogen) atoms. The highest BCUT2D eigenvalue weighted by atomic mass is 16.5. The molecule has 0 spiro atoms. The van der Waals surface area contributed by atoms with Gasteiger partial charge in [0.1, 0.15) is 11.9 Å². The van der Waals surface area contributed by atoms with Gasteiger partial charge in [-0.1, -0.05) is 32.9 Å². The minimum atomic E-state index is -0.00697. The number of hydrogen-bond acceptors (Lipinski definition) is 3. The number of hydrogen-bond donors (Lipinski definition) is 2. The molecule has 90 valence electrons. The Hall–Kier alpha value is -1.06. The molecule has 0 saturated heterocycles. The van der Waals surface area contributed by atoms with Crippen molar-refractivity contribution < 1.29 is 9.84 Å². The zero-order valence-electron chi connectivity index (χ0n) is 10.2. The van der Waals surface area contributed by atoms with E-state index in [1.165, 1.54) is 0 Å². The highest BCUT2D eigenvalue weighted by Gasteiger charge is 2.24. The minimum absolute atomic E-state index is 0.00697. The fourth-order valence-corrected chi connectivity index (χ4v) is 1.42. The highest BCUT2D eigenvalue weighted by molar-refractivity contribution is 5.27. The van der Waals surface area contributed by atoms with Crippen LogP contribution in [0.4, 0.5) is 0 Å². The van der Waals surface area contributed by atoms with Crippen LogP contribution in [0.3, 0.4) is 0 Å². The second-order valence-electron chi connectivity index (χ2n) is 5.01. The standard InChI is InChI=1S/C13H21NO2/c1-13(2,3)12(8-14)16-11-6-4-10(9-15)5-7-11/h4-7,12,15H,8-9,14H2,1-3H3. The molecule has 1 aromatic carbocycles. The lowest BCUT2D eigenvalue weighted by Gasteiger charge is -2.30. The van der Waals surface area contributed by atoms with E-state index in [0.717, 1.165) is 11.3 Å². The van der Waals surface area contributed by atoms with Crippen molar-refractivity contribution in [2.75, 3.05) is 6.54 Å². The largest absolute Gasteiger partial charge is 0.489 e. The first kappa shape index (κ1) is 13.0. The van der Waals surface area contributed by atoms with Gasteiger partial charge in [-0.2, -0.15) is 0 Å². The maximum atomic E-state index is 8.92. The molecule has 0 saturated carbocycles. The first-order valence-corrected chi connectivity index (χ1v) is 5.54. The first-order valence-electron chi connectivity index (χ1n) is 5.54. The number of benzene rings is 1. The highest BCUT2D eigenvalue weighted by Crippen LogP contribution is 2.24. The summed E-state index contributed by atoms with van der Waals surface area (Å²) in [5.74, 6) is 0.794. The van der Waals surface area contributed by atoms with Crippen molar-refractivity contribution in [1.29, 1.82) is 0 Å². The Morgan fingerprint density at radius 2 is 1.81 bits per heavy atom. The quantitative estimate of drug-likeness (QED) is 0.820. The number of aliphatic hydroxyl groups excluding tert-OH is 1. The van der Waals surface area contributed by atoms with E-state index in [1.54, 1.807) is 0 Å². The summed E-state index contributed by atoms with van der Waals surface area (Å²) in [4.78, 5) is 0. The van der Waals surface area contributed by atoms with Crippen LogP contribution in [0.5, 0.6) is 5.75 Å². The third-order valence-electron chi connectivity index (χ3n) is 2.56. The summed E-state index contributed by atoms with van der Waals surface area (Å²) in [6.45, 7) is 6.86. The Bertz CT molecular complexity index is 314. The van der Waals surface area contributed by atoms with E-state index in [1.807, 2.05) is 24.3 Å². The fraction of sp³-hybridized carbons (Fsp3) is 0.538. The van der Waals surface area contributed by atoms with E-state index in [4.69, 9.17) is 15.6 Å². The van der Waals surface area contributed by atoms with Crippen molar-refractivity contribution in [3.8, 4) is 5.75 Å². The monoisotopic (exact) mass is 223 g/mol. The Morgan fingerprint density at radius 1 is 1.25 bits per heavy atom. The van der Waals surface area contributed by atoms with E-state index < -0.39 is 0 Å². The Kier molecular flexibility index (Phi) is 4.33. The fourth-order valence-electron chi connectivity index (χ4n) is 1.42. The van der Waals surface area contributed by atoms with E-state index >= 15 is 0 Å². The molecule has 0 aliphatic carbocycles. The predicted octanol–water partition coefficient (Wildman–Crippen LogP) is 1.93. The zero-order valence-corrected chi connectivity index (χ0v) is 10.2. The molecule has 1 atom stereocenters. The number of ether oxygens (including phenoxy) is 1. The molecule has 1 aromatic rings. The van der Waals surface area contributed by atoms with Crippen LogP contribution in [0.1, 0.15) is 26.3 Å². The van der Waals surface area contributed by atoms with Gasteiger partial charge in [0, 0.05) is 12.0 Å². The molecule has 0 amide bonds. The average Bonchev–Trinajstić information content (AvgIpc) is 2.25. The van der Waals surface area contributed by atoms with Gasteiger partial charge < -0.3 is 15.6 Å². The molecule has 0 radical (unpaired) electrons. The van der Waals surface area contributed by atoms with E-state index in [0.29, 0.717) is 6.54 Å². The predicted molar refractivity (Wildman–Crippen MR) is 65.3 cm³/mol. The molecule has 1 unspecified atom stereocenters. The number of nitrogens with two attached hydrogens (primary N) is 1. The van der Waals surface area contributed by atoms with Crippen molar-refractivity contribution in [3.63, 3.8) is 0 Å². The maximum absolute atomic E-state index is 8.92. The van der Waals surface area contributed by atoms with Gasteiger partial charge in [0.15, 0.2) is 0 Å². The van der Waals surface area contributed by atoms with Gasteiger partial charge in [-0.3, -0.25) is 0 Å². The summed E-state index contributed by atoms with van der Waals surface area (Å²) >= 11 is 0.